The van der Waals surface area contributed by atoms with Crippen LogP contribution in [0.2, 0.25) is 0 Å². The summed E-state index contributed by atoms with van der Waals surface area (Å²) >= 11 is 0. The number of amides is 1. The predicted molar refractivity (Wildman–Crippen MR) is 137 cm³/mol. The number of nitrogens with one attached hydrogen (secondary N) is 3. The monoisotopic (exact) mass is 456 g/mol. The van der Waals surface area contributed by atoms with Crippen molar-refractivity contribution in [3.8, 4) is 22.8 Å². The Morgan fingerprint density at radius 3 is 2.65 bits per heavy atom. The molecule has 1 heterocycles. The highest BCUT2D eigenvalue weighted by atomic mass is 16.5. The Morgan fingerprint density at radius 1 is 1.15 bits per heavy atom. The van der Waals surface area contributed by atoms with E-state index in [1.807, 2.05) is 43.3 Å². The smallest absolute Gasteiger partial charge is 0.279 e. The molecule has 0 fully saturated rings. The Hall–Kier alpha value is -4.46. The van der Waals surface area contributed by atoms with E-state index in [4.69, 9.17) is 15.9 Å². The minimum atomic E-state index is -0.389. The standard InChI is InChI=1S/C26H28N6O2/c1-4-17-13-18(6-8-22(17)26(33)32-25(28)10-11-29-2)24-15-21(9-12-31-24)34-20-7-5-19(16-27)23(14-20)30-3/h5-16,27,29-30H,4H2,1-3H3,(H2,28,32,33)/b11-10-,27-16?. The van der Waals surface area contributed by atoms with Crippen molar-refractivity contribution in [2.24, 2.45) is 10.7 Å². The summed E-state index contributed by atoms with van der Waals surface area (Å²) in [6.07, 6.45) is 6.76. The number of hydrogen-bond acceptors (Lipinski definition) is 6. The summed E-state index contributed by atoms with van der Waals surface area (Å²) < 4.78 is 6.02. The van der Waals surface area contributed by atoms with E-state index in [1.54, 1.807) is 38.6 Å². The molecule has 0 saturated carbocycles. The number of rotatable bonds is 9. The van der Waals surface area contributed by atoms with Gasteiger partial charge in [-0.25, -0.2) is 0 Å². The molecular formula is C26H28N6O2. The van der Waals surface area contributed by atoms with Gasteiger partial charge in [0.2, 0.25) is 0 Å². The second-order valence-electron chi connectivity index (χ2n) is 7.31. The molecule has 0 atom stereocenters. The molecule has 2 aromatic carbocycles. The van der Waals surface area contributed by atoms with Crippen molar-refractivity contribution in [2.45, 2.75) is 13.3 Å². The quantitative estimate of drug-likeness (QED) is 0.280. The van der Waals surface area contributed by atoms with Gasteiger partial charge in [0.15, 0.2) is 0 Å². The Kier molecular flexibility index (Phi) is 8.12. The van der Waals surface area contributed by atoms with Crippen LogP contribution in [0.5, 0.6) is 11.5 Å². The number of benzene rings is 2. The first-order valence-electron chi connectivity index (χ1n) is 10.8. The molecule has 3 rings (SSSR count). The van der Waals surface area contributed by atoms with Gasteiger partial charge in [-0.1, -0.05) is 13.0 Å². The van der Waals surface area contributed by atoms with Crippen LogP contribution in [0.15, 0.2) is 72.0 Å². The molecule has 1 amide bonds. The lowest BCUT2D eigenvalue weighted by Crippen LogP contribution is -2.13. The zero-order valence-electron chi connectivity index (χ0n) is 19.4. The van der Waals surface area contributed by atoms with Crippen molar-refractivity contribution in [1.82, 2.24) is 10.3 Å². The number of hydrogen-bond donors (Lipinski definition) is 4. The van der Waals surface area contributed by atoms with Crippen LogP contribution in [0.1, 0.15) is 28.4 Å². The fourth-order valence-electron chi connectivity index (χ4n) is 3.35. The van der Waals surface area contributed by atoms with Gasteiger partial charge < -0.3 is 26.5 Å². The largest absolute Gasteiger partial charge is 0.457 e. The molecule has 0 aliphatic carbocycles. The van der Waals surface area contributed by atoms with Crippen molar-refractivity contribution >= 4 is 23.6 Å². The Morgan fingerprint density at radius 2 is 1.94 bits per heavy atom. The highest BCUT2D eigenvalue weighted by molar-refractivity contribution is 6.07. The van der Waals surface area contributed by atoms with E-state index in [2.05, 4.69) is 20.6 Å². The highest BCUT2D eigenvalue weighted by Gasteiger charge is 2.13. The summed E-state index contributed by atoms with van der Waals surface area (Å²) in [5.41, 5.74) is 10.3. The van der Waals surface area contributed by atoms with Crippen LogP contribution in [0.25, 0.3) is 11.3 Å². The van der Waals surface area contributed by atoms with E-state index in [9.17, 15) is 4.79 Å². The molecule has 174 valence electrons. The lowest BCUT2D eigenvalue weighted by molar-refractivity contribution is 0.100. The first-order chi connectivity index (χ1) is 16.5. The fourth-order valence-corrected chi connectivity index (χ4v) is 3.35. The summed E-state index contributed by atoms with van der Waals surface area (Å²) in [6.45, 7) is 1.98. The lowest BCUT2D eigenvalue weighted by Gasteiger charge is -2.11. The van der Waals surface area contributed by atoms with Crippen molar-refractivity contribution in [1.29, 1.82) is 5.41 Å². The van der Waals surface area contributed by atoms with Crippen LogP contribution < -0.4 is 21.1 Å². The predicted octanol–water partition coefficient (Wildman–Crippen LogP) is 4.37. The van der Waals surface area contributed by atoms with Crippen LogP contribution in [0.4, 0.5) is 5.69 Å². The number of aryl methyl sites for hydroxylation is 1. The molecule has 34 heavy (non-hydrogen) atoms. The molecule has 0 saturated heterocycles. The van der Waals surface area contributed by atoms with E-state index in [-0.39, 0.29) is 11.7 Å². The maximum absolute atomic E-state index is 12.6. The fraction of sp³-hybridized carbons (Fsp3) is 0.154. The molecule has 0 unspecified atom stereocenters. The van der Waals surface area contributed by atoms with Gasteiger partial charge in [-0.3, -0.25) is 9.78 Å². The Labute approximate surface area is 199 Å². The van der Waals surface area contributed by atoms with E-state index in [0.29, 0.717) is 23.5 Å². The number of aromatic nitrogens is 1. The summed E-state index contributed by atoms with van der Waals surface area (Å²) in [7, 11) is 3.54. The second kappa shape index (κ2) is 11.4. The first-order valence-corrected chi connectivity index (χ1v) is 10.8. The van der Waals surface area contributed by atoms with E-state index < -0.39 is 0 Å². The molecule has 0 bridgehead atoms. The van der Waals surface area contributed by atoms with Crippen molar-refractivity contribution < 1.29 is 9.53 Å². The van der Waals surface area contributed by atoms with Gasteiger partial charge in [-0.05, 0) is 54.6 Å². The number of amidine groups is 1. The maximum Gasteiger partial charge on any atom is 0.279 e. The average molecular weight is 457 g/mol. The minimum Gasteiger partial charge on any atom is -0.457 e. The number of aliphatic imine (C=N–C) groups is 1. The topological polar surface area (TPSA) is 125 Å². The number of nitrogens with zero attached hydrogens (tertiary/aromatic N) is 2. The second-order valence-corrected chi connectivity index (χ2v) is 7.31. The van der Waals surface area contributed by atoms with Crippen molar-refractivity contribution in [3.63, 3.8) is 0 Å². The number of anilines is 1. The van der Waals surface area contributed by atoms with Gasteiger partial charge in [0.05, 0.1) is 5.69 Å². The van der Waals surface area contributed by atoms with Gasteiger partial charge in [0.1, 0.15) is 17.3 Å². The number of nitrogens with two attached hydrogens (primary N) is 1. The zero-order valence-corrected chi connectivity index (χ0v) is 19.4. The number of ether oxygens (including phenoxy) is 1. The van der Waals surface area contributed by atoms with Crippen LogP contribution in [0, 0.1) is 5.41 Å². The Bertz CT molecular complexity index is 1250. The number of pyridine rings is 1. The molecule has 8 heteroatoms. The highest BCUT2D eigenvalue weighted by Crippen LogP contribution is 2.29. The van der Waals surface area contributed by atoms with Crippen molar-refractivity contribution in [2.75, 3.05) is 19.4 Å². The lowest BCUT2D eigenvalue weighted by atomic mass is 9.99. The van der Waals surface area contributed by atoms with Gasteiger partial charge in [0, 0.05) is 61.0 Å². The molecule has 0 aliphatic heterocycles. The maximum atomic E-state index is 12.6. The SMILES string of the molecule is CCc1cc(-c2cc(Oc3ccc(C=N)c(NC)c3)ccn2)ccc1C(=O)N=C(N)/C=C\NC. The van der Waals surface area contributed by atoms with Gasteiger partial charge >= 0.3 is 0 Å². The third-order valence-corrected chi connectivity index (χ3v) is 5.08. The molecule has 0 aliphatic rings. The number of carbonyl (C=O) groups excluding carboxylic acids is 1. The molecule has 0 spiro atoms. The van der Waals surface area contributed by atoms with E-state index >= 15 is 0 Å². The molecule has 1 aromatic heterocycles. The van der Waals surface area contributed by atoms with Gasteiger partial charge in [-0.2, -0.15) is 4.99 Å². The third-order valence-electron chi connectivity index (χ3n) is 5.08. The summed E-state index contributed by atoms with van der Waals surface area (Å²) in [5, 5.41) is 13.4. The van der Waals surface area contributed by atoms with E-state index in [1.165, 1.54) is 12.3 Å². The average Bonchev–Trinajstić information content (AvgIpc) is 2.87. The molecule has 3 aromatic rings. The van der Waals surface area contributed by atoms with Gasteiger partial charge in [-0.15, -0.1) is 0 Å². The van der Waals surface area contributed by atoms with Crippen LogP contribution in [0.3, 0.4) is 0 Å². The van der Waals surface area contributed by atoms with Crippen LogP contribution in [-0.4, -0.2) is 37.0 Å². The minimum absolute atomic E-state index is 0.132. The van der Waals surface area contributed by atoms with Crippen LogP contribution >= 0.6 is 0 Å². The normalized spacial score (nSPS) is 11.3. The van der Waals surface area contributed by atoms with E-state index in [0.717, 1.165) is 28.1 Å². The molecule has 8 nitrogen and oxygen atoms in total. The molecular weight excluding hydrogens is 428 g/mol. The first kappa shape index (κ1) is 24.2. The summed E-state index contributed by atoms with van der Waals surface area (Å²) in [4.78, 5) is 21.1. The molecule has 5 N–H and O–H groups in total. The zero-order chi connectivity index (χ0) is 24.5. The third kappa shape index (κ3) is 5.86. The summed E-state index contributed by atoms with van der Waals surface area (Å²) in [6, 6.07) is 14.6. The summed E-state index contributed by atoms with van der Waals surface area (Å²) in [5.74, 6) is 1.01. The van der Waals surface area contributed by atoms with Gasteiger partial charge in [0.25, 0.3) is 5.91 Å². The number of carbonyl (C=O) groups is 1. The van der Waals surface area contributed by atoms with Crippen molar-refractivity contribution in [3.05, 3.63) is 83.7 Å². The molecule has 0 radical (unpaired) electrons. The van der Waals surface area contributed by atoms with Crippen LogP contribution in [-0.2, 0) is 6.42 Å². The Balaban J connectivity index is 1.87.